The van der Waals surface area contributed by atoms with Crippen molar-refractivity contribution in [3.05, 3.63) is 93.0 Å². The number of nitrogens with zero attached hydrogens (tertiary/aromatic N) is 3. The van der Waals surface area contributed by atoms with E-state index in [0.717, 1.165) is 51.0 Å². The molecular weight excluding hydrogens is 590 g/mol. The molecule has 0 radical (unpaired) electrons. The van der Waals surface area contributed by atoms with Crippen molar-refractivity contribution < 1.29 is 28.8 Å². The number of anilines is 1. The van der Waals surface area contributed by atoms with Gasteiger partial charge in [0.05, 0.1) is 24.3 Å². The number of para-hydroxylation sites is 1. The Kier molecular flexibility index (Phi) is 12.1. The summed E-state index contributed by atoms with van der Waals surface area (Å²) in [7, 11) is 3.53. The summed E-state index contributed by atoms with van der Waals surface area (Å²) in [6, 6.07) is 16.1. The largest absolute Gasteiger partial charge is 0.496 e. The molecular formula is C34H41N5O7. The predicted octanol–water partition coefficient (Wildman–Crippen LogP) is 4.81. The Hall–Kier alpha value is -4.97. The quantitative estimate of drug-likeness (QED) is 0.147. The van der Waals surface area contributed by atoms with Crippen LogP contribution < -0.4 is 20.1 Å². The maximum Gasteiger partial charge on any atom is 0.282 e. The van der Waals surface area contributed by atoms with E-state index in [0.29, 0.717) is 41.3 Å². The van der Waals surface area contributed by atoms with E-state index >= 15 is 0 Å². The number of methoxy groups -OCH3 is 1. The van der Waals surface area contributed by atoms with Gasteiger partial charge in [-0.1, -0.05) is 24.3 Å². The highest BCUT2D eigenvalue weighted by Crippen LogP contribution is 2.28. The third-order valence-corrected chi connectivity index (χ3v) is 7.87. The van der Waals surface area contributed by atoms with E-state index in [-0.39, 0.29) is 29.6 Å². The van der Waals surface area contributed by atoms with Crippen molar-refractivity contribution in [3.8, 4) is 11.5 Å². The highest BCUT2D eigenvalue weighted by Gasteiger charge is 2.20. The van der Waals surface area contributed by atoms with Crippen molar-refractivity contribution in [2.24, 2.45) is 0 Å². The van der Waals surface area contributed by atoms with Gasteiger partial charge in [0.25, 0.3) is 17.5 Å². The summed E-state index contributed by atoms with van der Waals surface area (Å²) in [6.07, 6.45) is 2.99. The molecule has 1 aliphatic rings. The summed E-state index contributed by atoms with van der Waals surface area (Å²) in [6.45, 7) is 5.85. The van der Waals surface area contributed by atoms with Gasteiger partial charge in [0, 0.05) is 56.3 Å². The number of ether oxygens (including phenoxy) is 2. The minimum atomic E-state index is -0.603. The van der Waals surface area contributed by atoms with Gasteiger partial charge in [-0.05, 0) is 69.1 Å². The molecule has 3 aromatic carbocycles. The summed E-state index contributed by atoms with van der Waals surface area (Å²) < 4.78 is 11.5. The molecule has 4 rings (SSSR count). The number of piperazine rings is 1. The maximum atomic E-state index is 13.2. The number of rotatable bonds is 14. The lowest BCUT2D eigenvalue weighted by atomic mass is 10.1. The van der Waals surface area contributed by atoms with Gasteiger partial charge in [-0.2, -0.15) is 0 Å². The topological polar surface area (TPSA) is 143 Å². The van der Waals surface area contributed by atoms with Crippen LogP contribution in [0.5, 0.6) is 11.5 Å². The van der Waals surface area contributed by atoms with Gasteiger partial charge in [-0.3, -0.25) is 24.5 Å². The van der Waals surface area contributed by atoms with Gasteiger partial charge in [0.15, 0.2) is 0 Å². The lowest BCUT2D eigenvalue weighted by Crippen LogP contribution is -2.47. The van der Waals surface area contributed by atoms with E-state index in [1.807, 2.05) is 24.0 Å². The Labute approximate surface area is 268 Å². The normalized spacial score (nSPS) is 13.2. The standard InChI is InChI=1S/C34H41N5O7/c1-24-12-15-28(31(21-24)46-20-8-4-5-11-32(40)38-18-16-37(2)17-19-38)36-33(41)25-13-14-26(30(22-25)45-3)23-35-34(42)27-9-6-7-10-29(27)39(43)44/h6-7,9-10,12-15,21-22H,4-5,8,11,16-20,23H2,1-3H3,(H,35,42)(H,36,41). The fourth-order valence-electron chi connectivity index (χ4n) is 5.13. The zero-order valence-electron chi connectivity index (χ0n) is 26.5. The van der Waals surface area contributed by atoms with Crippen molar-refractivity contribution in [3.63, 3.8) is 0 Å². The number of aryl methyl sites for hydroxylation is 1. The number of nitro benzene ring substituents is 1. The smallest absolute Gasteiger partial charge is 0.282 e. The Morgan fingerprint density at radius 1 is 0.913 bits per heavy atom. The number of nitrogens with one attached hydrogen (secondary N) is 2. The van der Waals surface area contributed by atoms with E-state index in [1.165, 1.54) is 25.3 Å². The first-order chi connectivity index (χ1) is 22.2. The molecule has 0 aliphatic carbocycles. The van der Waals surface area contributed by atoms with Crippen LogP contribution in [0.1, 0.15) is 57.5 Å². The van der Waals surface area contributed by atoms with E-state index in [9.17, 15) is 24.5 Å². The Morgan fingerprint density at radius 2 is 1.67 bits per heavy atom. The minimum Gasteiger partial charge on any atom is -0.496 e. The van der Waals surface area contributed by atoms with Gasteiger partial charge >= 0.3 is 0 Å². The number of likely N-dealkylation sites (N-methyl/N-ethyl adjacent to an activating group) is 1. The van der Waals surface area contributed by atoms with Crippen LogP contribution in [-0.4, -0.2) is 79.4 Å². The van der Waals surface area contributed by atoms with Crippen molar-refractivity contribution in [2.75, 3.05) is 52.3 Å². The molecule has 0 spiro atoms. The van der Waals surface area contributed by atoms with Crippen LogP contribution in [0.3, 0.4) is 0 Å². The van der Waals surface area contributed by atoms with Gasteiger partial charge in [0.2, 0.25) is 5.91 Å². The van der Waals surface area contributed by atoms with Crippen molar-refractivity contribution in [1.29, 1.82) is 0 Å². The Morgan fingerprint density at radius 3 is 2.41 bits per heavy atom. The number of hydrogen-bond acceptors (Lipinski definition) is 8. The third kappa shape index (κ3) is 9.27. The van der Waals surface area contributed by atoms with E-state index in [2.05, 4.69) is 22.6 Å². The molecule has 0 bridgehead atoms. The van der Waals surface area contributed by atoms with Crippen LogP contribution >= 0.6 is 0 Å². The SMILES string of the molecule is COc1cc(C(=O)Nc2ccc(C)cc2OCCCCCC(=O)N2CCN(C)CC2)ccc1CNC(=O)c1ccccc1[N+](=O)[O-]. The molecule has 2 N–H and O–H groups in total. The highest BCUT2D eigenvalue weighted by atomic mass is 16.6. The number of amides is 3. The highest BCUT2D eigenvalue weighted by molar-refractivity contribution is 6.05. The molecule has 3 aromatic rings. The number of benzene rings is 3. The zero-order valence-corrected chi connectivity index (χ0v) is 26.5. The van der Waals surface area contributed by atoms with Crippen LogP contribution in [0.15, 0.2) is 60.7 Å². The molecule has 1 aliphatic heterocycles. The van der Waals surface area contributed by atoms with Crippen LogP contribution in [0, 0.1) is 17.0 Å². The number of nitro groups is 1. The molecule has 0 saturated carbocycles. The van der Waals surface area contributed by atoms with E-state index < -0.39 is 10.8 Å². The summed E-state index contributed by atoms with van der Waals surface area (Å²) in [5.74, 6) is 0.183. The molecule has 1 fully saturated rings. The molecule has 0 aromatic heterocycles. The van der Waals surface area contributed by atoms with Crippen molar-refractivity contribution in [1.82, 2.24) is 15.1 Å². The summed E-state index contributed by atoms with van der Waals surface area (Å²) >= 11 is 0. The maximum absolute atomic E-state index is 13.2. The van der Waals surface area contributed by atoms with Gasteiger partial charge in [-0.25, -0.2) is 0 Å². The fraction of sp³-hybridized carbons (Fsp3) is 0.382. The second kappa shape index (κ2) is 16.4. The molecule has 46 heavy (non-hydrogen) atoms. The molecule has 0 unspecified atom stereocenters. The van der Waals surface area contributed by atoms with Gasteiger partial charge in [-0.15, -0.1) is 0 Å². The summed E-state index contributed by atoms with van der Waals surface area (Å²) in [4.78, 5) is 53.2. The first kappa shape index (κ1) is 33.9. The average molecular weight is 632 g/mol. The monoisotopic (exact) mass is 631 g/mol. The van der Waals surface area contributed by atoms with E-state index in [4.69, 9.17) is 9.47 Å². The van der Waals surface area contributed by atoms with Crippen LogP contribution in [0.2, 0.25) is 0 Å². The molecule has 0 atom stereocenters. The summed E-state index contributed by atoms with van der Waals surface area (Å²) in [5.41, 5.74) is 2.11. The zero-order chi connectivity index (χ0) is 33.1. The molecule has 3 amide bonds. The average Bonchev–Trinajstić information content (AvgIpc) is 3.06. The van der Waals surface area contributed by atoms with Crippen LogP contribution in [0.25, 0.3) is 0 Å². The first-order valence-electron chi connectivity index (χ1n) is 15.4. The molecule has 1 saturated heterocycles. The van der Waals surface area contributed by atoms with Crippen molar-refractivity contribution >= 4 is 29.1 Å². The number of hydrogen-bond donors (Lipinski definition) is 2. The summed E-state index contributed by atoms with van der Waals surface area (Å²) in [5, 5.41) is 16.9. The minimum absolute atomic E-state index is 0.0376. The number of unbranched alkanes of at least 4 members (excludes halogenated alkanes) is 2. The number of carbonyl (C=O) groups excluding carboxylic acids is 3. The number of carbonyl (C=O) groups is 3. The van der Waals surface area contributed by atoms with Gasteiger partial charge < -0.3 is 29.9 Å². The predicted molar refractivity (Wildman–Crippen MR) is 174 cm³/mol. The van der Waals surface area contributed by atoms with Gasteiger partial charge in [0.1, 0.15) is 17.1 Å². The third-order valence-electron chi connectivity index (χ3n) is 7.87. The lowest BCUT2D eigenvalue weighted by molar-refractivity contribution is -0.385. The van der Waals surface area contributed by atoms with Crippen molar-refractivity contribution in [2.45, 2.75) is 39.2 Å². The Balaban J connectivity index is 1.29. The molecule has 1 heterocycles. The van der Waals surface area contributed by atoms with E-state index in [1.54, 1.807) is 30.3 Å². The lowest BCUT2D eigenvalue weighted by Gasteiger charge is -2.32. The Bertz CT molecular complexity index is 1550. The van der Waals surface area contributed by atoms with Crippen LogP contribution in [-0.2, 0) is 11.3 Å². The molecule has 12 heteroatoms. The first-order valence-corrected chi connectivity index (χ1v) is 15.4. The molecule has 12 nitrogen and oxygen atoms in total. The second-order valence-corrected chi connectivity index (χ2v) is 11.3. The fourth-order valence-corrected chi connectivity index (χ4v) is 5.13. The second-order valence-electron chi connectivity index (χ2n) is 11.3. The van der Waals surface area contributed by atoms with Crippen LogP contribution in [0.4, 0.5) is 11.4 Å². The molecule has 244 valence electrons.